The Labute approximate surface area is 114 Å². The van der Waals surface area contributed by atoms with Crippen molar-refractivity contribution in [1.29, 1.82) is 0 Å². The highest BCUT2D eigenvalue weighted by Gasteiger charge is 2.18. The number of hydrogen-bond acceptors (Lipinski definition) is 4. The first-order valence-corrected chi connectivity index (χ1v) is 6.73. The molecule has 102 valence electrons. The quantitative estimate of drug-likeness (QED) is 0.727. The maximum absolute atomic E-state index is 6.43. The Morgan fingerprint density at radius 2 is 2.21 bits per heavy atom. The summed E-state index contributed by atoms with van der Waals surface area (Å²) in [6.45, 7) is 0. The number of allylic oxidation sites excluding steroid dienone is 2. The Bertz CT molecular complexity index is 491. The lowest BCUT2D eigenvalue weighted by molar-refractivity contribution is 0.690. The summed E-state index contributed by atoms with van der Waals surface area (Å²) in [5.41, 5.74) is 16.5. The molecular formula is C15H22N4. The van der Waals surface area contributed by atoms with E-state index in [4.69, 9.17) is 11.5 Å². The molecule has 1 heterocycles. The number of nitrogens with zero attached hydrogens (tertiary/aromatic N) is 1. The summed E-state index contributed by atoms with van der Waals surface area (Å²) >= 11 is 0. The van der Waals surface area contributed by atoms with Crippen molar-refractivity contribution in [3.63, 3.8) is 0 Å². The predicted molar refractivity (Wildman–Crippen MR) is 79.3 cm³/mol. The summed E-state index contributed by atoms with van der Waals surface area (Å²) in [6, 6.07) is 1.76. The number of nitrogen functional groups attached to an aromatic ring is 1. The summed E-state index contributed by atoms with van der Waals surface area (Å²) in [7, 11) is 1.95. The van der Waals surface area contributed by atoms with Crippen LogP contribution in [0.3, 0.4) is 0 Å². The van der Waals surface area contributed by atoms with Crippen molar-refractivity contribution >= 4 is 5.69 Å². The third-order valence-corrected chi connectivity index (χ3v) is 3.59. The number of nitrogens with one attached hydrogen (secondary N) is 1. The van der Waals surface area contributed by atoms with E-state index in [1.807, 2.05) is 13.1 Å². The zero-order valence-corrected chi connectivity index (χ0v) is 11.4. The second kappa shape index (κ2) is 6.38. The fourth-order valence-corrected chi connectivity index (χ4v) is 2.51. The van der Waals surface area contributed by atoms with Gasteiger partial charge in [-0.25, -0.2) is 0 Å². The molecule has 5 N–H and O–H groups in total. The third-order valence-electron chi connectivity index (χ3n) is 3.59. The van der Waals surface area contributed by atoms with Crippen molar-refractivity contribution in [3.05, 3.63) is 47.4 Å². The van der Waals surface area contributed by atoms with E-state index >= 15 is 0 Å². The van der Waals surface area contributed by atoms with Crippen molar-refractivity contribution in [3.8, 4) is 0 Å². The molecule has 0 saturated heterocycles. The molecule has 4 nitrogen and oxygen atoms in total. The molecule has 1 aliphatic rings. The van der Waals surface area contributed by atoms with Gasteiger partial charge < -0.3 is 16.8 Å². The van der Waals surface area contributed by atoms with Gasteiger partial charge in [-0.3, -0.25) is 4.98 Å². The molecule has 0 aromatic carbocycles. The molecule has 0 radical (unpaired) electrons. The average Bonchev–Trinajstić information content (AvgIpc) is 2.39. The number of rotatable bonds is 3. The highest BCUT2D eigenvalue weighted by molar-refractivity contribution is 5.49. The van der Waals surface area contributed by atoms with Gasteiger partial charge in [-0.05, 0) is 36.5 Å². The molecule has 1 unspecified atom stereocenters. The number of aromatic nitrogens is 1. The molecule has 4 heteroatoms. The molecule has 1 aromatic rings. The Hall–Kier alpha value is -1.81. The Balaban J connectivity index is 2.35. The molecule has 0 spiro atoms. The number of anilines is 1. The summed E-state index contributed by atoms with van der Waals surface area (Å²) < 4.78 is 0. The third kappa shape index (κ3) is 3.15. The van der Waals surface area contributed by atoms with E-state index in [0.717, 1.165) is 31.2 Å². The van der Waals surface area contributed by atoms with Gasteiger partial charge in [0.1, 0.15) is 0 Å². The molecule has 0 saturated carbocycles. The molecular weight excluding hydrogens is 236 g/mol. The first-order chi connectivity index (χ1) is 9.24. The van der Waals surface area contributed by atoms with Crippen molar-refractivity contribution in [2.24, 2.45) is 5.73 Å². The molecule has 1 atom stereocenters. The van der Waals surface area contributed by atoms with E-state index in [-0.39, 0.29) is 6.04 Å². The molecule has 1 aliphatic carbocycles. The molecule has 1 aromatic heterocycles. The van der Waals surface area contributed by atoms with Gasteiger partial charge in [-0.1, -0.05) is 12.2 Å². The van der Waals surface area contributed by atoms with E-state index < -0.39 is 0 Å². The predicted octanol–water partition coefficient (Wildman–Crippen LogP) is 2.27. The van der Waals surface area contributed by atoms with Crippen LogP contribution in [0.25, 0.3) is 0 Å². The standard InChI is InChI=1S/C15H22N4/c1-18-14-7-5-3-2-4-6-12(14)15(17)11-8-9-19-10-13(11)16/h3,5,8-10,15,18H,2,4,6-7,16-17H2,1H3/b5-3-,14-12+. The average molecular weight is 258 g/mol. The molecule has 2 rings (SSSR count). The lowest BCUT2D eigenvalue weighted by Crippen LogP contribution is -2.21. The first kappa shape index (κ1) is 13.6. The van der Waals surface area contributed by atoms with Gasteiger partial charge in [-0.2, -0.15) is 0 Å². The van der Waals surface area contributed by atoms with Gasteiger partial charge in [0.05, 0.1) is 17.9 Å². The Morgan fingerprint density at radius 3 is 2.95 bits per heavy atom. The summed E-state index contributed by atoms with van der Waals surface area (Å²) in [5.74, 6) is 0. The van der Waals surface area contributed by atoms with E-state index in [9.17, 15) is 0 Å². The molecule has 0 fully saturated rings. The van der Waals surface area contributed by atoms with Gasteiger partial charge >= 0.3 is 0 Å². The molecule has 0 amide bonds. The minimum Gasteiger partial charge on any atom is -0.397 e. The van der Waals surface area contributed by atoms with Crippen LogP contribution >= 0.6 is 0 Å². The van der Waals surface area contributed by atoms with Crippen molar-refractivity contribution in [2.45, 2.75) is 31.7 Å². The van der Waals surface area contributed by atoms with Crippen LogP contribution in [0.2, 0.25) is 0 Å². The Morgan fingerprint density at radius 1 is 1.37 bits per heavy atom. The maximum atomic E-state index is 6.43. The van der Waals surface area contributed by atoms with Crippen LogP contribution in [0.4, 0.5) is 5.69 Å². The van der Waals surface area contributed by atoms with Crippen LogP contribution in [0.15, 0.2) is 41.9 Å². The van der Waals surface area contributed by atoms with Crippen LogP contribution in [0.5, 0.6) is 0 Å². The first-order valence-electron chi connectivity index (χ1n) is 6.73. The van der Waals surface area contributed by atoms with Crippen LogP contribution in [0.1, 0.15) is 37.3 Å². The monoisotopic (exact) mass is 258 g/mol. The number of nitrogens with two attached hydrogens (primary N) is 2. The van der Waals surface area contributed by atoms with Crippen LogP contribution in [0, 0.1) is 0 Å². The SMILES string of the molecule is CN/C1=C(/C(N)c2ccncc2N)CCC/C=C\C1. The fourth-order valence-electron chi connectivity index (χ4n) is 2.51. The highest BCUT2D eigenvalue weighted by atomic mass is 14.8. The molecule has 19 heavy (non-hydrogen) atoms. The van der Waals surface area contributed by atoms with Crippen LogP contribution in [-0.4, -0.2) is 12.0 Å². The van der Waals surface area contributed by atoms with Gasteiger partial charge in [0.15, 0.2) is 0 Å². The second-order valence-electron chi connectivity index (χ2n) is 4.80. The van der Waals surface area contributed by atoms with E-state index in [2.05, 4.69) is 22.5 Å². The van der Waals surface area contributed by atoms with E-state index in [1.165, 1.54) is 11.3 Å². The maximum Gasteiger partial charge on any atom is 0.0552 e. The van der Waals surface area contributed by atoms with E-state index in [0.29, 0.717) is 5.69 Å². The lowest BCUT2D eigenvalue weighted by Gasteiger charge is -2.23. The van der Waals surface area contributed by atoms with Crippen molar-refractivity contribution in [2.75, 3.05) is 12.8 Å². The minimum absolute atomic E-state index is 0.156. The van der Waals surface area contributed by atoms with Gasteiger partial charge in [0.25, 0.3) is 0 Å². The second-order valence-corrected chi connectivity index (χ2v) is 4.80. The molecule has 0 bridgehead atoms. The lowest BCUT2D eigenvalue weighted by atomic mass is 9.91. The summed E-state index contributed by atoms with van der Waals surface area (Å²) in [4.78, 5) is 4.02. The highest BCUT2D eigenvalue weighted by Crippen LogP contribution is 2.30. The Kier molecular flexibility index (Phi) is 4.58. The normalized spacial score (nSPS) is 23.3. The molecule has 0 aliphatic heterocycles. The zero-order valence-electron chi connectivity index (χ0n) is 11.4. The van der Waals surface area contributed by atoms with Crippen molar-refractivity contribution < 1.29 is 0 Å². The minimum atomic E-state index is -0.156. The number of hydrogen-bond donors (Lipinski definition) is 3. The zero-order chi connectivity index (χ0) is 13.7. The largest absolute Gasteiger partial charge is 0.397 e. The summed E-state index contributed by atoms with van der Waals surface area (Å²) in [5, 5.41) is 3.28. The van der Waals surface area contributed by atoms with Gasteiger partial charge in [-0.15, -0.1) is 0 Å². The van der Waals surface area contributed by atoms with Gasteiger partial charge in [0.2, 0.25) is 0 Å². The summed E-state index contributed by atoms with van der Waals surface area (Å²) in [6.07, 6.45) is 12.0. The fraction of sp³-hybridized carbons (Fsp3) is 0.400. The van der Waals surface area contributed by atoms with Crippen LogP contribution in [-0.2, 0) is 0 Å². The van der Waals surface area contributed by atoms with Gasteiger partial charge in [0, 0.05) is 25.4 Å². The van der Waals surface area contributed by atoms with E-state index in [1.54, 1.807) is 12.4 Å². The van der Waals surface area contributed by atoms with Crippen LogP contribution < -0.4 is 16.8 Å². The smallest absolute Gasteiger partial charge is 0.0552 e. The number of pyridine rings is 1. The van der Waals surface area contributed by atoms with Crippen molar-refractivity contribution in [1.82, 2.24) is 10.3 Å². The topological polar surface area (TPSA) is 77.0 Å².